The van der Waals surface area contributed by atoms with E-state index in [0.29, 0.717) is 30.8 Å². The SMILES string of the molecule is C=C(C)C(=O)SCC1CSC(CSCc2ccccc2CSCC2SCC(CSC(=O)C(=C)C)S2)S1. The summed E-state index contributed by atoms with van der Waals surface area (Å²) < 4.78 is 1.24. The van der Waals surface area contributed by atoms with Gasteiger partial charge >= 0.3 is 0 Å². The molecule has 1 aromatic rings. The Hall–Kier alpha value is 0.840. The fourth-order valence-electron chi connectivity index (χ4n) is 3.32. The van der Waals surface area contributed by atoms with E-state index in [4.69, 9.17) is 0 Å². The van der Waals surface area contributed by atoms with E-state index in [9.17, 15) is 9.59 Å². The zero-order valence-corrected chi connectivity index (χ0v) is 27.3. The molecule has 0 aromatic heterocycles. The highest BCUT2D eigenvalue weighted by Crippen LogP contribution is 2.43. The standard InChI is InChI=1S/C26H34O2S8/c1-17(2)25(27)33-13-21-11-31-23(35-21)15-29-9-19-7-5-6-8-20(19)10-30-16-24-32-12-22(36-24)14-34-26(28)18(3)4/h5-8,21-24H,1,3,9-16H2,2,4H3. The molecule has 3 rings (SSSR count). The van der Waals surface area contributed by atoms with Crippen LogP contribution in [0.5, 0.6) is 0 Å². The number of thioether (sulfide) groups is 8. The lowest BCUT2D eigenvalue weighted by Crippen LogP contribution is -2.08. The molecule has 0 bridgehead atoms. The van der Waals surface area contributed by atoms with Crippen molar-refractivity contribution in [2.24, 2.45) is 0 Å². The van der Waals surface area contributed by atoms with E-state index < -0.39 is 0 Å². The van der Waals surface area contributed by atoms with Gasteiger partial charge in [-0.1, -0.05) is 60.9 Å². The van der Waals surface area contributed by atoms with E-state index in [1.165, 1.54) is 34.7 Å². The Labute approximate surface area is 251 Å². The van der Waals surface area contributed by atoms with Crippen molar-refractivity contribution in [3.05, 3.63) is 59.7 Å². The van der Waals surface area contributed by atoms with Crippen LogP contribution in [0.3, 0.4) is 0 Å². The quantitative estimate of drug-likeness (QED) is 0.187. The second-order valence-electron chi connectivity index (χ2n) is 8.60. The zero-order valence-electron chi connectivity index (χ0n) is 20.8. The molecule has 2 aliphatic rings. The average molecular weight is 635 g/mol. The highest BCUT2D eigenvalue weighted by Gasteiger charge is 2.28. The van der Waals surface area contributed by atoms with E-state index in [1.54, 1.807) is 13.8 Å². The van der Waals surface area contributed by atoms with Gasteiger partial charge < -0.3 is 0 Å². The molecule has 0 amide bonds. The molecule has 198 valence electrons. The van der Waals surface area contributed by atoms with Gasteiger partial charge in [0.15, 0.2) is 0 Å². The first-order chi connectivity index (χ1) is 17.3. The summed E-state index contributed by atoms with van der Waals surface area (Å²) in [6.45, 7) is 11.1. The van der Waals surface area contributed by atoms with Gasteiger partial charge in [0.25, 0.3) is 0 Å². The number of hydrogen-bond acceptors (Lipinski definition) is 10. The van der Waals surface area contributed by atoms with Crippen LogP contribution in [0.15, 0.2) is 48.6 Å². The maximum absolute atomic E-state index is 11.8. The molecule has 0 N–H and O–H groups in total. The van der Waals surface area contributed by atoms with E-state index >= 15 is 0 Å². The smallest absolute Gasteiger partial charge is 0.214 e. The first-order valence-corrected chi connectivity index (χ1v) is 20.0. The Morgan fingerprint density at radius 1 is 0.778 bits per heavy atom. The number of carbonyl (C=O) groups is 2. The Morgan fingerprint density at radius 3 is 1.58 bits per heavy atom. The summed E-state index contributed by atoms with van der Waals surface area (Å²) in [5.41, 5.74) is 4.22. The molecule has 0 radical (unpaired) electrons. The van der Waals surface area contributed by atoms with Crippen molar-refractivity contribution < 1.29 is 9.59 Å². The molecule has 4 unspecified atom stereocenters. The fourth-order valence-corrected chi connectivity index (χ4v) is 15.3. The molecule has 2 nitrogen and oxygen atoms in total. The van der Waals surface area contributed by atoms with Crippen molar-refractivity contribution in [3.8, 4) is 0 Å². The Bertz CT molecular complexity index is 848. The fraction of sp³-hybridized carbons (Fsp3) is 0.538. The molecule has 0 saturated carbocycles. The van der Waals surface area contributed by atoms with Crippen LogP contribution in [0.1, 0.15) is 25.0 Å². The van der Waals surface area contributed by atoms with E-state index in [2.05, 4.69) is 37.4 Å². The summed E-state index contributed by atoms with van der Waals surface area (Å²) in [6, 6.07) is 8.88. The number of hydrogen-bond donors (Lipinski definition) is 0. The molecular weight excluding hydrogens is 601 g/mol. The topological polar surface area (TPSA) is 34.1 Å². The molecule has 36 heavy (non-hydrogen) atoms. The summed E-state index contributed by atoms with van der Waals surface area (Å²) in [4.78, 5) is 23.6. The molecular formula is C26H34O2S8. The minimum absolute atomic E-state index is 0.131. The van der Waals surface area contributed by atoms with Crippen LogP contribution in [0.25, 0.3) is 0 Å². The normalized spacial score (nSPS) is 23.6. The van der Waals surface area contributed by atoms with Crippen LogP contribution >= 0.6 is 94.1 Å². The first kappa shape index (κ1) is 31.4. The molecule has 2 heterocycles. The third-order valence-electron chi connectivity index (χ3n) is 5.26. The molecule has 0 aliphatic carbocycles. The van der Waals surface area contributed by atoms with Gasteiger partial charge in [-0.25, -0.2) is 0 Å². The van der Waals surface area contributed by atoms with Gasteiger partial charge in [-0.05, 0) is 36.1 Å². The van der Waals surface area contributed by atoms with Crippen LogP contribution in [0.4, 0.5) is 0 Å². The van der Waals surface area contributed by atoms with Gasteiger partial charge in [-0.3, -0.25) is 9.59 Å². The van der Waals surface area contributed by atoms with Gasteiger partial charge in [0.1, 0.15) is 0 Å². The lowest BCUT2D eigenvalue weighted by molar-refractivity contribution is -0.108. The lowest BCUT2D eigenvalue weighted by atomic mass is 10.1. The molecule has 2 aliphatic heterocycles. The Balaban J connectivity index is 1.32. The van der Waals surface area contributed by atoms with Gasteiger partial charge in [0, 0.05) is 56.5 Å². The van der Waals surface area contributed by atoms with Gasteiger partial charge in [-0.15, -0.1) is 47.0 Å². The van der Waals surface area contributed by atoms with E-state index in [-0.39, 0.29) is 10.2 Å². The molecule has 0 spiro atoms. The van der Waals surface area contributed by atoms with Crippen LogP contribution < -0.4 is 0 Å². The summed E-state index contributed by atoms with van der Waals surface area (Å²) >= 11 is 15.1. The van der Waals surface area contributed by atoms with Crippen molar-refractivity contribution >= 4 is 104 Å². The van der Waals surface area contributed by atoms with Crippen LogP contribution in [0, 0.1) is 0 Å². The minimum Gasteiger partial charge on any atom is -0.282 e. The summed E-state index contributed by atoms with van der Waals surface area (Å²) in [7, 11) is 0. The molecule has 1 aromatic carbocycles. The third-order valence-corrected chi connectivity index (χ3v) is 17.6. The zero-order chi connectivity index (χ0) is 25.9. The number of benzene rings is 1. The average Bonchev–Trinajstić information content (AvgIpc) is 3.51. The second kappa shape index (κ2) is 16.8. The monoisotopic (exact) mass is 634 g/mol. The predicted molar refractivity (Wildman–Crippen MR) is 179 cm³/mol. The predicted octanol–water partition coefficient (Wildman–Crippen LogP) is 8.17. The number of rotatable bonds is 14. The van der Waals surface area contributed by atoms with Crippen molar-refractivity contribution in [3.63, 3.8) is 0 Å². The van der Waals surface area contributed by atoms with Crippen molar-refractivity contribution in [2.45, 2.75) is 45.0 Å². The summed E-state index contributed by atoms with van der Waals surface area (Å²) in [5.74, 6) is 8.49. The first-order valence-electron chi connectivity index (χ1n) is 11.7. The van der Waals surface area contributed by atoms with Gasteiger partial charge in [0.2, 0.25) is 10.2 Å². The Kier molecular flexibility index (Phi) is 14.7. The van der Waals surface area contributed by atoms with Crippen molar-refractivity contribution in [2.75, 3.05) is 34.5 Å². The Morgan fingerprint density at radius 2 is 1.19 bits per heavy atom. The van der Waals surface area contributed by atoms with Gasteiger partial charge in [-0.2, -0.15) is 23.5 Å². The van der Waals surface area contributed by atoms with Crippen LogP contribution in [-0.4, -0.2) is 64.4 Å². The molecule has 2 saturated heterocycles. The van der Waals surface area contributed by atoms with Gasteiger partial charge in [0.05, 0.1) is 9.16 Å². The summed E-state index contributed by atoms with van der Waals surface area (Å²) in [6.07, 6.45) is 0. The molecule has 4 atom stereocenters. The summed E-state index contributed by atoms with van der Waals surface area (Å²) in [5, 5.41) is 1.39. The highest BCUT2D eigenvalue weighted by atomic mass is 32.2. The maximum atomic E-state index is 11.8. The van der Waals surface area contributed by atoms with Crippen molar-refractivity contribution in [1.29, 1.82) is 0 Å². The van der Waals surface area contributed by atoms with Crippen LogP contribution in [0.2, 0.25) is 0 Å². The second-order valence-corrected chi connectivity index (χ2v) is 18.7. The van der Waals surface area contributed by atoms with E-state index in [0.717, 1.165) is 46.0 Å². The lowest BCUT2D eigenvalue weighted by Gasteiger charge is -2.13. The van der Waals surface area contributed by atoms with Crippen LogP contribution in [-0.2, 0) is 21.1 Å². The third kappa shape index (κ3) is 11.1. The maximum Gasteiger partial charge on any atom is 0.214 e. The van der Waals surface area contributed by atoms with E-state index in [1.807, 2.05) is 70.6 Å². The molecule has 10 heteroatoms. The minimum atomic E-state index is 0.131. The van der Waals surface area contributed by atoms with Crippen molar-refractivity contribution in [1.82, 2.24) is 0 Å². The number of carbonyl (C=O) groups excluding carboxylic acids is 2. The molecule has 2 fully saturated rings. The highest BCUT2D eigenvalue weighted by molar-refractivity contribution is 8.23. The largest absolute Gasteiger partial charge is 0.282 e.